The van der Waals surface area contributed by atoms with Gasteiger partial charge in [-0.15, -0.1) is 0 Å². The Bertz CT molecular complexity index is 669. The fraction of sp³-hybridized carbons (Fsp3) is 0.478. The first kappa shape index (κ1) is 17.7. The second-order valence-corrected chi connectivity index (χ2v) is 7.70. The molecule has 2 saturated heterocycles. The maximum atomic E-state index is 5.91. The number of epoxide rings is 1. The van der Waals surface area contributed by atoms with Gasteiger partial charge in [0.25, 0.3) is 0 Å². The van der Waals surface area contributed by atoms with Gasteiger partial charge in [-0.2, -0.15) is 0 Å². The third-order valence-corrected chi connectivity index (χ3v) is 5.79. The van der Waals surface area contributed by atoms with Crippen LogP contribution in [0.5, 0.6) is 0 Å². The summed E-state index contributed by atoms with van der Waals surface area (Å²) in [7, 11) is 0. The summed E-state index contributed by atoms with van der Waals surface area (Å²) in [6.07, 6.45) is 3.48. The third-order valence-electron chi connectivity index (χ3n) is 5.79. The van der Waals surface area contributed by atoms with Crippen LogP contribution in [0.15, 0.2) is 60.7 Å². The molecular weight excluding hydrogens is 322 g/mol. The molecule has 0 amide bonds. The van der Waals surface area contributed by atoms with Crippen molar-refractivity contribution in [2.45, 2.75) is 38.0 Å². The molecule has 0 saturated carbocycles. The summed E-state index contributed by atoms with van der Waals surface area (Å²) in [5.41, 5.74) is 2.85. The van der Waals surface area contributed by atoms with Crippen molar-refractivity contribution in [2.24, 2.45) is 5.92 Å². The number of hydrogen-bond acceptors (Lipinski definition) is 3. The van der Waals surface area contributed by atoms with Crippen LogP contribution in [0.4, 0.5) is 0 Å². The van der Waals surface area contributed by atoms with Gasteiger partial charge in [0.15, 0.2) is 0 Å². The zero-order valence-electron chi connectivity index (χ0n) is 15.5. The molecule has 0 N–H and O–H groups in total. The van der Waals surface area contributed by atoms with E-state index in [2.05, 4.69) is 59.5 Å². The van der Waals surface area contributed by atoms with E-state index < -0.39 is 0 Å². The summed E-state index contributed by atoms with van der Waals surface area (Å²) in [4.78, 5) is 2.59. The number of nitrogens with zero attached hydrogens (tertiary/aromatic N) is 1. The Hall–Kier alpha value is -1.68. The quantitative estimate of drug-likeness (QED) is 0.524. The van der Waals surface area contributed by atoms with Crippen LogP contribution in [-0.2, 0) is 22.6 Å². The van der Waals surface area contributed by atoms with Gasteiger partial charge in [-0.05, 0) is 30.4 Å². The Morgan fingerprint density at radius 1 is 1.00 bits per heavy atom. The van der Waals surface area contributed by atoms with E-state index in [1.807, 2.05) is 6.07 Å². The first-order valence-corrected chi connectivity index (χ1v) is 9.86. The highest BCUT2D eigenvalue weighted by Gasteiger charge is 2.53. The molecule has 2 heterocycles. The zero-order valence-corrected chi connectivity index (χ0v) is 15.5. The van der Waals surface area contributed by atoms with Gasteiger partial charge in [0.05, 0.1) is 18.8 Å². The number of likely N-dealkylation sites (tertiary alicyclic amines) is 1. The van der Waals surface area contributed by atoms with E-state index in [1.165, 1.54) is 24.0 Å². The Kier molecular flexibility index (Phi) is 5.68. The summed E-state index contributed by atoms with van der Waals surface area (Å²) in [6, 6.07) is 21.2. The second-order valence-electron chi connectivity index (χ2n) is 7.70. The monoisotopic (exact) mass is 351 g/mol. The molecule has 2 aliphatic heterocycles. The molecule has 0 bridgehead atoms. The van der Waals surface area contributed by atoms with E-state index in [9.17, 15) is 0 Å². The van der Waals surface area contributed by atoms with Gasteiger partial charge in [-0.3, -0.25) is 4.90 Å². The van der Waals surface area contributed by atoms with Crippen LogP contribution < -0.4 is 0 Å². The van der Waals surface area contributed by atoms with Crippen LogP contribution in [0.2, 0.25) is 0 Å². The number of ether oxygens (including phenoxy) is 2. The lowest BCUT2D eigenvalue weighted by molar-refractivity contribution is 0.0611. The van der Waals surface area contributed by atoms with Crippen LogP contribution in [0.1, 0.15) is 30.4 Å². The van der Waals surface area contributed by atoms with E-state index in [0.717, 1.165) is 39.3 Å². The molecule has 2 aromatic rings. The fourth-order valence-electron chi connectivity index (χ4n) is 4.13. The maximum absolute atomic E-state index is 5.91. The molecule has 2 fully saturated rings. The molecule has 0 radical (unpaired) electrons. The Balaban J connectivity index is 1.22. The van der Waals surface area contributed by atoms with Crippen molar-refractivity contribution < 1.29 is 9.47 Å². The molecular formula is C23H29NO2. The SMILES string of the molecule is c1ccc(COCCCC2CN(Cc3ccccc3)CCC23CO3)cc1. The average molecular weight is 351 g/mol. The zero-order chi connectivity index (χ0) is 17.7. The van der Waals surface area contributed by atoms with Crippen LogP contribution in [0, 0.1) is 5.92 Å². The van der Waals surface area contributed by atoms with Crippen molar-refractivity contribution in [3.8, 4) is 0 Å². The molecule has 3 nitrogen and oxygen atoms in total. The lowest BCUT2D eigenvalue weighted by Gasteiger charge is -2.37. The molecule has 26 heavy (non-hydrogen) atoms. The minimum atomic E-state index is 0.187. The van der Waals surface area contributed by atoms with Crippen LogP contribution in [-0.4, -0.2) is 36.8 Å². The second kappa shape index (κ2) is 8.34. The average Bonchev–Trinajstić information content (AvgIpc) is 3.46. The number of rotatable bonds is 8. The molecule has 2 aromatic carbocycles. The molecule has 138 valence electrons. The lowest BCUT2D eigenvalue weighted by atomic mass is 9.82. The highest BCUT2D eigenvalue weighted by atomic mass is 16.6. The highest BCUT2D eigenvalue weighted by Crippen LogP contribution is 2.44. The van der Waals surface area contributed by atoms with Crippen LogP contribution >= 0.6 is 0 Å². The van der Waals surface area contributed by atoms with Crippen molar-refractivity contribution >= 4 is 0 Å². The maximum Gasteiger partial charge on any atom is 0.0968 e. The van der Waals surface area contributed by atoms with Gasteiger partial charge in [-0.25, -0.2) is 0 Å². The molecule has 0 aromatic heterocycles. The Morgan fingerprint density at radius 2 is 1.69 bits per heavy atom. The Morgan fingerprint density at radius 3 is 2.38 bits per heavy atom. The fourth-order valence-corrected chi connectivity index (χ4v) is 4.13. The number of hydrogen-bond donors (Lipinski definition) is 0. The normalized spacial score (nSPS) is 25.5. The summed E-state index contributed by atoms with van der Waals surface area (Å²) < 4.78 is 11.8. The van der Waals surface area contributed by atoms with Crippen LogP contribution in [0.3, 0.4) is 0 Å². The molecule has 4 rings (SSSR count). The van der Waals surface area contributed by atoms with Crippen molar-refractivity contribution in [3.05, 3.63) is 71.8 Å². The predicted molar refractivity (Wildman–Crippen MR) is 104 cm³/mol. The van der Waals surface area contributed by atoms with E-state index in [1.54, 1.807) is 0 Å². The smallest absolute Gasteiger partial charge is 0.0968 e. The van der Waals surface area contributed by atoms with Crippen molar-refractivity contribution in [1.29, 1.82) is 0 Å². The van der Waals surface area contributed by atoms with E-state index in [-0.39, 0.29) is 5.60 Å². The highest BCUT2D eigenvalue weighted by molar-refractivity contribution is 5.15. The van der Waals surface area contributed by atoms with Gasteiger partial charge in [0.1, 0.15) is 0 Å². The van der Waals surface area contributed by atoms with Crippen LogP contribution in [0.25, 0.3) is 0 Å². The molecule has 2 unspecified atom stereocenters. The Labute approximate surface area is 156 Å². The van der Waals surface area contributed by atoms with Gasteiger partial charge >= 0.3 is 0 Å². The lowest BCUT2D eigenvalue weighted by Crippen LogP contribution is -2.45. The molecule has 1 spiro atoms. The summed E-state index contributed by atoms with van der Waals surface area (Å²) in [5, 5.41) is 0. The summed E-state index contributed by atoms with van der Waals surface area (Å²) in [5.74, 6) is 0.639. The molecule has 0 aliphatic carbocycles. The van der Waals surface area contributed by atoms with E-state index >= 15 is 0 Å². The standard InChI is InChI=1S/C23H29NO2/c1-3-8-20(9-4-1)16-24-14-13-23(19-26-23)22(17-24)12-7-15-25-18-21-10-5-2-6-11-21/h1-6,8-11,22H,7,12-19H2. The number of benzene rings is 2. The minimum absolute atomic E-state index is 0.187. The largest absolute Gasteiger partial charge is 0.377 e. The molecule has 3 heteroatoms. The van der Waals surface area contributed by atoms with Gasteiger partial charge < -0.3 is 9.47 Å². The summed E-state index contributed by atoms with van der Waals surface area (Å²) >= 11 is 0. The van der Waals surface area contributed by atoms with E-state index in [4.69, 9.17) is 9.47 Å². The van der Waals surface area contributed by atoms with Gasteiger partial charge in [0.2, 0.25) is 0 Å². The van der Waals surface area contributed by atoms with E-state index in [0.29, 0.717) is 12.5 Å². The van der Waals surface area contributed by atoms with Crippen molar-refractivity contribution in [2.75, 3.05) is 26.3 Å². The third kappa shape index (κ3) is 4.53. The molecule has 2 atom stereocenters. The first-order chi connectivity index (χ1) is 12.8. The topological polar surface area (TPSA) is 25.0 Å². The van der Waals surface area contributed by atoms with Gasteiger partial charge in [0, 0.05) is 32.2 Å². The van der Waals surface area contributed by atoms with Crippen molar-refractivity contribution in [1.82, 2.24) is 4.90 Å². The molecule has 2 aliphatic rings. The minimum Gasteiger partial charge on any atom is -0.377 e. The van der Waals surface area contributed by atoms with Gasteiger partial charge in [-0.1, -0.05) is 60.7 Å². The first-order valence-electron chi connectivity index (χ1n) is 9.86. The predicted octanol–water partition coefficient (Wildman–Crippen LogP) is 4.27. The van der Waals surface area contributed by atoms with Crippen molar-refractivity contribution in [3.63, 3.8) is 0 Å². The number of piperidine rings is 1. The summed E-state index contributed by atoms with van der Waals surface area (Å²) in [6.45, 7) is 5.86.